The van der Waals surface area contributed by atoms with Gasteiger partial charge in [-0.25, -0.2) is 5.43 Å². The summed E-state index contributed by atoms with van der Waals surface area (Å²) >= 11 is 3.60. The van der Waals surface area contributed by atoms with Crippen molar-refractivity contribution in [2.75, 3.05) is 18.0 Å². The van der Waals surface area contributed by atoms with Crippen LogP contribution in [0.1, 0.15) is 29.8 Å². The number of phenolic OH excluding ortho intramolecular Hbond substituents is 1. The Morgan fingerprint density at radius 3 is 2.43 bits per heavy atom. The molecule has 0 aliphatic rings. The molecule has 0 aliphatic heterocycles. The monoisotopic (exact) mass is 439 g/mol. The SMILES string of the molecule is CCN(CC)c1ccc(C=NNC(=O)c2cc3ccccc3cc2O)cc1Br. The molecule has 0 spiro atoms. The molecule has 0 fully saturated rings. The van der Waals surface area contributed by atoms with Gasteiger partial charge in [0.15, 0.2) is 0 Å². The number of hydrogen-bond acceptors (Lipinski definition) is 4. The van der Waals surface area contributed by atoms with Crippen LogP contribution in [-0.2, 0) is 0 Å². The summed E-state index contributed by atoms with van der Waals surface area (Å²) in [7, 11) is 0. The fraction of sp³-hybridized carbons (Fsp3) is 0.182. The molecule has 0 saturated heterocycles. The van der Waals surface area contributed by atoms with Crippen molar-refractivity contribution in [3.63, 3.8) is 0 Å². The molecule has 0 bridgehead atoms. The molecule has 0 saturated carbocycles. The van der Waals surface area contributed by atoms with Gasteiger partial charge in [-0.1, -0.05) is 30.3 Å². The first-order valence-electron chi connectivity index (χ1n) is 9.13. The van der Waals surface area contributed by atoms with Gasteiger partial charge in [0.2, 0.25) is 0 Å². The quantitative estimate of drug-likeness (QED) is 0.423. The molecule has 6 heteroatoms. The van der Waals surface area contributed by atoms with Gasteiger partial charge >= 0.3 is 0 Å². The fourth-order valence-corrected chi connectivity index (χ4v) is 3.71. The molecule has 0 aromatic heterocycles. The van der Waals surface area contributed by atoms with E-state index in [0.29, 0.717) is 0 Å². The smallest absolute Gasteiger partial charge is 0.275 e. The maximum absolute atomic E-state index is 12.4. The van der Waals surface area contributed by atoms with E-state index in [-0.39, 0.29) is 11.3 Å². The number of phenols is 1. The van der Waals surface area contributed by atoms with Crippen LogP contribution < -0.4 is 10.3 Å². The van der Waals surface area contributed by atoms with E-state index in [1.54, 1.807) is 18.3 Å². The number of nitrogens with zero attached hydrogens (tertiary/aromatic N) is 2. The van der Waals surface area contributed by atoms with E-state index in [1.165, 1.54) is 0 Å². The lowest BCUT2D eigenvalue weighted by molar-refractivity contribution is 0.0952. The highest BCUT2D eigenvalue weighted by Gasteiger charge is 2.12. The van der Waals surface area contributed by atoms with Crippen LogP contribution in [0.5, 0.6) is 5.75 Å². The molecule has 28 heavy (non-hydrogen) atoms. The van der Waals surface area contributed by atoms with Crippen LogP contribution in [0, 0.1) is 0 Å². The maximum atomic E-state index is 12.4. The summed E-state index contributed by atoms with van der Waals surface area (Å²) in [6.07, 6.45) is 1.58. The van der Waals surface area contributed by atoms with E-state index in [9.17, 15) is 9.90 Å². The average Bonchev–Trinajstić information content (AvgIpc) is 2.69. The third-order valence-corrected chi connectivity index (χ3v) is 5.20. The molecular formula is C22H22BrN3O2. The van der Waals surface area contributed by atoms with Gasteiger partial charge < -0.3 is 10.0 Å². The Hall–Kier alpha value is -2.86. The van der Waals surface area contributed by atoms with Crippen molar-refractivity contribution in [1.29, 1.82) is 0 Å². The number of fused-ring (bicyclic) bond motifs is 1. The van der Waals surface area contributed by atoms with Crippen molar-refractivity contribution in [1.82, 2.24) is 5.43 Å². The van der Waals surface area contributed by atoms with Gasteiger partial charge in [-0.05, 0) is 70.4 Å². The average molecular weight is 440 g/mol. The first-order valence-corrected chi connectivity index (χ1v) is 9.92. The van der Waals surface area contributed by atoms with Crippen LogP contribution >= 0.6 is 15.9 Å². The highest BCUT2D eigenvalue weighted by molar-refractivity contribution is 9.10. The van der Waals surface area contributed by atoms with E-state index in [0.717, 1.165) is 39.6 Å². The largest absolute Gasteiger partial charge is 0.507 e. The highest BCUT2D eigenvalue weighted by Crippen LogP contribution is 2.27. The summed E-state index contributed by atoms with van der Waals surface area (Å²) < 4.78 is 0.971. The second-order valence-electron chi connectivity index (χ2n) is 6.30. The predicted octanol–water partition coefficient (Wildman–Crippen LogP) is 4.92. The number of anilines is 1. The van der Waals surface area contributed by atoms with Crippen molar-refractivity contribution in [2.45, 2.75) is 13.8 Å². The summed E-state index contributed by atoms with van der Waals surface area (Å²) in [5.41, 5.74) is 4.64. The first-order chi connectivity index (χ1) is 13.5. The minimum atomic E-state index is -0.460. The van der Waals surface area contributed by atoms with Crippen molar-refractivity contribution >= 4 is 44.5 Å². The van der Waals surface area contributed by atoms with Gasteiger partial charge in [-0.15, -0.1) is 0 Å². The summed E-state index contributed by atoms with van der Waals surface area (Å²) in [5.74, 6) is -0.531. The van der Waals surface area contributed by atoms with Crippen LogP contribution in [0.3, 0.4) is 0 Å². The lowest BCUT2D eigenvalue weighted by Crippen LogP contribution is -2.22. The Bertz CT molecular complexity index is 1030. The van der Waals surface area contributed by atoms with E-state index in [4.69, 9.17) is 0 Å². The number of aromatic hydroxyl groups is 1. The van der Waals surface area contributed by atoms with Crippen LogP contribution in [0.25, 0.3) is 10.8 Å². The summed E-state index contributed by atoms with van der Waals surface area (Å²) in [6, 6.07) is 16.7. The van der Waals surface area contributed by atoms with Crippen molar-refractivity contribution in [3.05, 3.63) is 70.2 Å². The number of hydrazone groups is 1. The zero-order chi connectivity index (χ0) is 20.1. The van der Waals surface area contributed by atoms with Crippen molar-refractivity contribution in [3.8, 4) is 5.75 Å². The van der Waals surface area contributed by atoms with Gasteiger partial charge in [-0.3, -0.25) is 4.79 Å². The lowest BCUT2D eigenvalue weighted by Gasteiger charge is -2.22. The van der Waals surface area contributed by atoms with Crippen LogP contribution in [0.2, 0.25) is 0 Å². The summed E-state index contributed by atoms with van der Waals surface area (Å²) in [4.78, 5) is 14.6. The summed E-state index contributed by atoms with van der Waals surface area (Å²) in [5, 5.41) is 15.9. The standard InChI is InChI=1S/C22H22BrN3O2/c1-3-26(4-2)20-10-9-15(11-19(20)23)14-24-25-22(28)18-12-16-7-5-6-8-17(16)13-21(18)27/h5-14,27H,3-4H2,1-2H3,(H,25,28). The number of hydrogen-bond donors (Lipinski definition) is 2. The Morgan fingerprint density at radius 2 is 1.79 bits per heavy atom. The normalized spacial score (nSPS) is 11.1. The van der Waals surface area contributed by atoms with E-state index in [2.05, 4.69) is 45.2 Å². The van der Waals surface area contributed by atoms with E-state index >= 15 is 0 Å². The van der Waals surface area contributed by atoms with Gasteiger partial charge in [0.25, 0.3) is 5.91 Å². The molecule has 0 atom stereocenters. The molecule has 0 unspecified atom stereocenters. The second-order valence-corrected chi connectivity index (χ2v) is 7.15. The Morgan fingerprint density at radius 1 is 1.11 bits per heavy atom. The van der Waals surface area contributed by atoms with Gasteiger partial charge in [0.1, 0.15) is 5.75 Å². The number of rotatable bonds is 6. The Balaban J connectivity index is 1.73. The van der Waals surface area contributed by atoms with E-state index < -0.39 is 5.91 Å². The molecule has 5 nitrogen and oxygen atoms in total. The molecule has 1 amide bonds. The molecule has 0 heterocycles. The zero-order valence-corrected chi connectivity index (χ0v) is 17.4. The predicted molar refractivity (Wildman–Crippen MR) is 118 cm³/mol. The van der Waals surface area contributed by atoms with Crippen molar-refractivity contribution < 1.29 is 9.90 Å². The molecule has 3 rings (SSSR count). The number of nitrogens with one attached hydrogen (secondary N) is 1. The minimum Gasteiger partial charge on any atom is -0.507 e. The third-order valence-electron chi connectivity index (χ3n) is 4.56. The maximum Gasteiger partial charge on any atom is 0.275 e. The molecule has 144 valence electrons. The highest BCUT2D eigenvalue weighted by atomic mass is 79.9. The Labute approximate surface area is 172 Å². The van der Waals surface area contributed by atoms with Crippen molar-refractivity contribution in [2.24, 2.45) is 5.10 Å². The molecule has 0 radical (unpaired) electrons. The number of halogens is 1. The molecular weight excluding hydrogens is 418 g/mol. The summed E-state index contributed by atoms with van der Waals surface area (Å²) in [6.45, 7) is 6.08. The minimum absolute atomic E-state index is 0.0716. The number of carbonyl (C=O) groups excluding carboxylic acids is 1. The molecule has 0 aliphatic carbocycles. The van der Waals surface area contributed by atoms with E-state index in [1.807, 2.05) is 42.5 Å². The molecule has 3 aromatic rings. The van der Waals surface area contributed by atoms with Crippen LogP contribution in [0.15, 0.2) is 64.2 Å². The van der Waals surface area contributed by atoms with Crippen LogP contribution in [0.4, 0.5) is 5.69 Å². The van der Waals surface area contributed by atoms with Gasteiger partial charge in [0.05, 0.1) is 17.5 Å². The number of amides is 1. The first kappa shape index (κ1) is 19.9. The third kappa shape index (κ3) is 4.34. The number of benzene rings is 3. The number of carbonyl (C=O) groups is 1. The van der Waals surface area contributed by atoms with Crippen LogP contribution in [-0.4, -0.2) is 30.3 Å². The molecule has 3 aromatic carbocycles. The zero-order valence-electron chi connectivity index (χ0n) is 15.8. The molecule has 2 N–H and O–H groups in total. The lowest BCUT2D eigenvalue weighted by atomic mass is 10.1. The fourth-order valence-electron chi connectivity index (χ4n) is 3.06. The Kier molecular flexibility index (Phi) is 6.31. The van der Waals surface area contributed by atoms with Gasteiger partial charge in [-0.2, -0.15) is 5.10 Å². The topological polar surface area (TPSA) is 64.9 Å². The second kappa shape index (κ2) is 8.89. The van der Waals surface area contributed by atoms with Gasteiger partial charge in [0, 0.05) is 17.6 Å².